The van der Waals surface area contributed by atoms with Gasteiger partial charge in [-0.15, -0.1) is 0 Å². The zero-order valence-electron chi connectivity index (χ0n) is 12.3. The third-order valence-electron chi connectivity index (χ3n) is 2.83. The normalized spacial score (nSPS) is 10.1. The number of hydrogen-bond donors (Lipinski definition) is 2. The van der Waals surface area contributed by atoms with E-state index < -0.39 is 17.6 Å². The van der Waals surface area contributed by atoms with Gasteiger partial charge in [0, 0.05) is 10.7 Å². The van der Waals surface area contributed by atoms with Crippen LogP contribution in [0.4, 0.5) is 10.1 Å². The van der Waals surface area contributed by atoms with E-state index in [9.17, 15) is 14.0 Å². The van der Waals surface area contributed by atoms with Crippen LogP contribution in [0.5, 0.6) is 5.75 Å². The minimum Gasteiger partial charge on any atom is -0.482 e. The summed E-state index contributed by atoms with van der Waals surface area (Å²) in [5.41, 5.74) is 0.430. The van der Waals surface area contributed by atoms with Crippen LogP contribution >= 0.6 is 23.2 Å². The molecule has 0 fully saturated rings. The molecule has 0 atom stereocenters. The van der Waals surface area contributed by atoms with Crippen molar-refractivity contribution in [1.29, 1.82) is 0 Å². The first-order valence-corrected chi connectivity index (χ1v) is 7.59. The van der Waals surface area contributed by atoms with Crippen molar-refractivity contribution in [2.45, 2.75) is 0 Å². The molecule has 0 bridgehead atoms. The van der Waals surface area contributed by atoms with Gasteiger partial charge in [-0.25, -0.2) is 4.39 Å². The minimum atomic E-state index is -0.490. The minimum absolute atomic E-state index is 0.242. The summed E-state index contributed by atoms with van der Waals surface area (Å²) < 4.78 is 18.0. The van der Waals surface area contributed by atoms with E-state index in [-0.39, 0.29) is 18.2 Å². The second kappa shape index (κ2) is 8.52. The van der Waals surface area contributed by atoms with E-state index in [0.29, 0.717) is 16.5 Å². The van der Waals surface area contributed by atoms with Crippen LogP contribution in [-0.4, -0.2) is 25.0 Å². The Morgan fingerprint density at radius 1 is 1.04 bits per heavy atom. The number of amides is 2. The quantitative estimate of drug-likeness (QED) is 0.819. The van der Waals surface area contributed by atoms with Crippen LogP contribution < -0.4 is 15.4 Å². The molecule has 0 radical (unpaired) electrons. The molecule has 0 spiro atoms. The van der Waals surface area contributed by atoms with Crippen molar-refractivity contribution in [2.75, 3.05) is 18.5 Å². The van der Waals surface area contributed by atoms with Crippen LogP contribution in [0.15, 0.2) is 42.5 Å². The fraction of sp³-hybridized carbons (Fsp3) is 0.125. The van der Waals surface area contributed by atoms with Crippen molar-refractivity contribution in [2.24, 2.45) is 0 Å². The maximum absolute atomic E-state index is 12.8. The number of nitrogens with one attached hydrogen (secondary N) is 2. The number of benzene rings is 2. The Kier molecular flexibility index (Phi) is 6.40. The summed E-state index contributed by atoms with van der Waals surface area (Å²) in [7, 11) is 0. The van der Waals surface area contributed by atoms with Crippen molar-refractivity contribution in [3.05, 3.63) is 58.3 Å². The predicted molar refractivity (Wildman–Crippen MR) is 90.0 cm³/mol. The molecule has 0 heterocycles. The molecule has 0 aliphatic heterocycles. The van der Waals surface area contributed by atoms with Crippen molar-refractivity contribution in [3.8, 4) is 5.75 Å². The molecule has 0 saturated carbocycles. The summed E-state index contributed by atoms with van der Waals surface area (Å²) in [5, 5.41) is 5.65. The predicted octanol–water partition coefficient (Wildman–Crippen LogP) is 3.27. The van der Waals surface area contributed by atoms with Gasteiger partial charge < -0.3 is 15.4 Å². The molecule has 126 valence electrons. The number of hydrogen-bond acceptors (Lipinski definition) is 3. The molecule has 0 aromatic heterocycles. The van der Waals surface area contributed by atoms with E-state index >= 15 is 0 Å². The lowest BCUT2D eigenvalue weighted by molar-refractivity contribution is -0.125. The monoisotopic (exact) mass is 370 g/mol. The summed E-state index contributed by atoms with van der Waals surface area (Å²) in [6, 6.07) is 9.89. The van der Waals surface area contributed by atoms with Gasteiger partial charge in [0.1, 0.15) is 11.6 Å². The van der Waals surface area contributed by atoms with Crippen LogP contribution in [0.2, 0.25) is 10.0 Å². The molecular weight excluding hydrogens is 358 g/mol. The lowest BCUT2D eigenvalue weighted by Crippen LogP contribution is -2.35. The molecule has 5 nitrogen and oxygen atoms in total. The van der Waals surface area contributed by atoms with E-state index in [0.717, 1.165) is 0 Å². The second-order valence-corrected chi connectivity index (χ2v) is 5.54. The van der Waals surface area contributed by atoms with E-state index in [4.69, 9.17) is 27.9 Å². The highest BCUT2D eigenvalue weighted by atomic mass is 35.5. The van der Waals surface area contributed by atoms with Crippen LogP contribution in [0.25, 0.3) is 0 Å². The Morgan fingerprint density at radius 2 is 1.75 bits per heavy atom. The van der Waals surface area contributed by atoms with Gasteiger partial charge in [0.2, 0.25) is 5.91 Å². The highest BCUT2D eigenvalue weighted by Crippen LogP contribution is 2.27. The van der Waals surface area contributed by atoms with Crippen LogP contribution in [0.3, 0.4) is 0 Å². The van der Waals surface area contributed by atoms with Gasteiger partial charge in [0.25, 0.3) is 5.91 Å². The maximum Gasteiger partial charge on any atom is 0.258 e. The zero-order chi connectivity index (χ0) is 17.5. The highest BCUT2D eigenvalue weighted by molar-refractivity contribution is 6.35. The summed E-state index contributed by atoms with van der Waals surface area (Å²) in [5.74, 6) is -1.03. The first-order valence-electron chi connectivity index (χ1n) is 6.84. The van der Waals surface area contributed by atoms with Gasteiger partial charge in [-0.2, -0.15) is 0 Å². The van der Waals surface area contributed by atoms with E-state index in [1.54, 1.807) is 12.1 Å². The number of halogens is 3. The van der Waals surface area contributed by atoms with E-state index in [1.807, 2.05) is 0 Å². The van der Waals surface area contributed by atoms with Crippen LogP contribution in [0.1, 0.15) is 0 Å². The largest absolute Gasteiger partial charge is 0.482 e. The SMILES string of the molecule is O=C(COc1ccc(Cl)cc1Cl)NCC(=O)Nc1ccc(F)cc1. The van der Waals surface area contributed by atoms with Gasteiger partial charge in [0.15, 0.2) is 6.61 Å². The van der Waals surface area contributed by atoms with Gasteiger partial charge in [-0.3, -0.25) is 9.59 Å². The summed E-state index contributed by atoms with van der Waals surface area (Å²) in [4.78, 5) is 23.3. The number of anilines is 1. The lowest BCUT2D eigenvalue weighted by atomic mass is 10.3. The lowest BCUT2D eigenvalue weighted by Gasteiger charge is -2.09. The number of rotatable bonds is 6. The first-order chi connectivity index (χ1) is 11.4. The van der Waals surface area contributed by atoms with Crippen molar-refractivity contribution < 1.29 is 18.7 Å². The van der Waals surface area contributed by atoms with Crippen LogP contribution in [-0.2, 0) is 9.59 Å². The molecule has 0 aliphatic rings. The molecule has 2 aromatic carbocycles. The van der Waals surface area contributed by atoms with Gasteiger partial charge >= 0.3 is 0 Å². The molecule has 0 saturated heterocycles. The van der Waals surface area contributed by atoms with E-state index in [2.05, 4.69) is 10.6 Å². The molecule has 8 heteroatoms. The summed E-state index contributed by atoms with van der Waals surface area (Å²) >= 11 is 11.7. The van der Waals surface area contributed by atoms with Crippen molar-refractivity contribution in [3.63, 3.8) is 0 Å². The highest BCUT2D eigenvalue weighted by Gasteiger charge is 2.09. The Hall–Kier alpha value is -2.31. The molecule has 2 rings (SSSR count). The molecular formula is C16H13Cl2FN2O3. The Bertz CT molecular complexity index is 739. The van der Waals surface area contributed by atoms with Crippen LogP contribution in [0, 0.1) is 5.82 Å². The molecule has 24 heavy (non-hydrogen) atoms. The zero-order valence-corrected chi connectivity index (χ0v) is 13.8. The average molecular weight is 371 g/mol. The molecule has 2 aromatic rings. The third kappa shape index (κ3) is 5.72. The first kappa shape index (κ1) is 18.0. The van der Waals surface area contributed by atoms with Crippen molar-refractivity contribution in [1.82, 2.24) is 5.32 Å². The van der Waals surface area contributed by atoms with E-state index in [1.165, 1.54) is 30.3 Å². The van der Waals surface area contributed by atoms with Gasteiger partial charge in [0.05, 0.1) is 11.6 Å². The molecule has 2 N–H and O–H groups in total. The fourth-order valence-electron chi connectivity index (χ4n) is 1.70. The second-order valence-electron chi connectivity index (χ2n) is 4.70. The maximum atomic E-state index is 12.8. The fourth-order valence-corrected chi connectivity index (χ4v) is 2.17. The Morgan fingerprint density at radius 3 is 2.42 bits per heavy atom. The number of carbonyl (C=O) groups is 2. The number of carbonyl (C=O) groups excluding carboxylic acids is 2. The average Bonchev–Trinajstić information content (AvgIpc) is 2.54. The topological polar surface area (TPSA) is 67.4 Å². The summed E-state index contributed by atoms with van der Waals surface area (Å²) in [6.07, 6.45) is 0. The molecule has 2 amide bonds. The van der Waals surface area contributed by atoms with Gasteiger partial charge in [-0.1, -0.05) is 23.2 Å². The Balaban J connectivity index is 1.74. The third-order valence-corrected chi connectivity index (χ3v) is 3.36. The Labute approximate surface area is 147 Å². The molecule has 0 unspecified atom stereocenters. The van der Waals surface area contributed by atoms with Crippen molar-refractivity contribution >= 4 is 40.7 Å². The van der Waals surface area contributed by atoms with Gasteiger partial charge in [-0.05, 0) is 42.5 Å². The molecule has 0 aliphatic carbocycles. The number of ether oxygens (including phenoxy) is 1. The smallest absolute Gasteiger partial charge is 0.258 e. The summed E-state index contributed by atoms with van der Waals surface area (Å²) in [6.45, 7) is -0.543. The standard InChI is InChI=1S/C16H13Cl2FN2O3/c17-10-1-6-14(13(18)7-10)24-9-16(23)20-8-15(22)21-12-4-2-11(19)3-5-12/h1-7H,8-9H2,(H,20,23)(H,21,22).